The van der Waals surface area contributed by atoms with Crippen molar-refractivity contribution < 1.29 is 4.74 Å². The number of rotatable bonds is 5. The van der Waals surface area contributed by atoms with Crippen LogP contribution in [0.4, 0.5) is 0 Å². The summed E-state index contributed by atoms with van der Waals surface area (Å²) in [5, 5.41) is 6.62. The molecule has 3 nitrogen and oxygen atoms in total. The van der Waals surface area contributed by atoms with Crippen LogP contribution in [0.3, 0.4) is 0 Å². The second kappa shape index (κ2) is 5.48. The van der Waals surface area contributed by atoms with Crippen LogP contribution in [0.1, 0.15) is 39.0 Å². The second-order valence-corrected chi connectivity index (χ2v) is 4.78. The Labute approximate surface area is 98.2 Å². The zero-order valence-corrected chi connectivity index (χ0v) is 10.2. The fraction of sp³-hybridized carbons (Fsp3) is 0.769. The molecular weight excluding hydrogens is 200 g/mol. The lowest BCUT2D eigenvalue weighted by molar-refractivity contribution is 0.0454. The third kappa shape index (κ3) is 3.08. The first kappa shape index (κ1) is 11.6. The molecule has 3 heteroatoms. The van der Waals surface area contributed by atoms with E-state index >= 15 is 0 Å². The third-order valence-corrected chi connectivity index (χ3v) is 3.32. The molecule has 16 heavy (non-hydrogen) atoms. The molecule has 2 aliphatic rings. The topological polar surface area (TPSA) is 24.8 Å². The van der Waals surface area contributed by atoms with Crippen molar-refractivity contribution in [3.05, 3.63) is 12.3 Å². The Balaban J connectivity index is 1.93. The molecule has 0 atom stereocenters. The van der Waals surface area contributed by atoms with E-state index in [-0.39, 0.29) is 0 Å². The van der Waals surface area contributed by atoms with Crippen molar-refractivity contribution in [1.82, 2.24) is 5.01 Å². The molecule has 2 rings (SSSR count). The molecule has 0 aromatic carbocycles. The Morgan fingerprint density at radius 3 is 2.62 bits per heavy atom. The number of ether oxygens (including phenoxy) is 1. The standard InChI is InChI=1S/C13H22N2O/c1-3-14-15(11(2)10-12-4-5-12)13-6-8-16-9-7-13/h3,12-13H,2,4-10H2,1H3/b14-3-. The molecule has 0 unspecified atom stereocenters. The van der Waals surface area contributed by atoms with E-state index in [0.29, 0.717) is 6.04 Å². The third-order valence-electron chi connectivity index (χ3n) is 3.32. The minimum Gasteiger partial charge on any atom is -0.381 e. The lowest BCUT2D eigenvalue weighted by Crippen LogP contribution is -2.35. The van der Waals surface area contributed by atoms with Gasteiger partial charge in [0.25, 0.3) is 0 Å². The van der Waals surface area contributed by atoms with Crippen molar-refractivity contribution in [3.63, 3.8) is 0 Å². The van der Waals surface area contributed by atoms with Crippen molar-refractivity contribution in [3.8, 4) is 0 Å². The van der Waals surface area contributed by atoms with Gasteiger partial charge in [-0.3, -0.25) is 5.01 Å². The molecular formula is C13H22N2O. The van der Waals surface area contributed by atoms with Crippen LogP contribution in [-0.4, -0.2) is 30.5 Å². The van der Waals surface area contributed by atoms with Gasteiger partial charge in [-0.2, -0.15) is 5.10 Å². The minimum atomic E-state index is 0.496. The van der Waals surface area contributed by atoms with E-state index in [1.54, 1.807) is 0 Å². The summed E-state index contributed by atoms with van der Waals surface area (Å²) in [5.41, 5.74) is 1.19. The number of hydrogen-bond donors (Lipinski definition) is 0. The highest BCUT2D eigenvalue weighted by Crippen LogP contribution is 2.36. The maximum Gasteiger partial charge on any atom is 0.0565 e. The van der Waals surface area contributed by atoms with Gasteiger partial charge in [-0.15, -0.1) is 0 Å². The maximum atomic E-state index is 5.39. The Morgan fingerprint density at radius 1 is 1.38 bits per heavy atom. The predicted molar refractivity (Wildman–Crippen MR) is 66.3 cm³/mol. The van der Waals surface area contributed by atoms with Crippen molar-refractivity contribution in [2.45, 2.75) is 45.1 Å². The van der Waals surface area contributed by atoms with E-state index in [1.165, 1.54) is 18.5 Å². The molecule has 0 amide bonds. The quantitative estimate of drug-likeness (QED) is 0.528. The van der Waals surface area contributed by atoms with Crippen LogP contribution in [0.25, 0.3) is 0 Å². The zero-order chi connectivity index (χ0) is 11.4. The molecule has 1 saturated heterocycles. The molecule has 90 valence electrons. The zero-order valence-electron chi connectivity index (χ0n) is 10.2. The van der Waals surface area contributed by atoms with Crippen molar-refractivity contribution in [2.75, 3.05) is 13.2 Å². The summed E-state index contributed by atoms with van der Waals surface area (Å²) in [7, 11) is 0. The van der Waals surface area contributed by atoms with Crippen molar-refractivity contribution >= 4 is 6.21 Å². The highest BCUT2D eigenvalue weighted by atomic mass is 16.5. The molecule has 0 N–H and O–H groups in total. The minimum absolute atomic E-state index is 0.496. The lowest BCUT2D eigenvalue weighted by atomic mass is 10.1. The van der Waals surface area contributed by atoms with Gasteiger partial charge in [-0.25, -0.2) is 0 Å². The summed E-state index contributed by atoms with van der Waals surface area (Å²) >= 11 is 0. The van der Waals surface area contributed by atoms with Gasteiger partial charge < -0.3 is 4.74 Å². The summed E-state index contributed by atoms with van der Waals surface area (Å²) in [6, 6.07) is 0.496. The fourth-order valence-corrected chi connectivity index (χ4v) is 2.24. The molecule has 0 aromatic rings. The van der Waals surface area contributed by atoms with Gasteiger partial charge in [-0.05, 0) is 44.9 Å². The van der Waals surface area contributed by atoms with Crippen LogP contribution in [-0.2, 0) is 4.74 Å². The molecule has 1 saturated carbocycles. The van der Waals surface area contributed by atoms with Gasteiger partial charge in [0, 0.05) is 25.1 Å². The molecule has 1 aliphatic carbocycles. The number of nitrogens with zero attached hydrogens (tertiary/aromatic N) is 2. The van der Waals surface area contributed by atoms with Crippen molar-refractivity contribution in [2.24, 2.45) is 11.0 Å². The molecule has 0 bridgehead atoms. The molecule has 2 fully saturated rings. The van der Waals surface area contributed by atoms with Gasteiger partial charge in [0.1, 0.15) is 0 Å². The fourth-order valence-electron chi connectivity index (χ4n) is 2.24. The van der Waals surface area contributed by atoms with Crippen molar-refractivity contribution in [1.29, 1.82) is 0 Å². The highest BCUT2D eigenvalue weighted by Gasteiger charge is 2.27. The number of allylic oxidation sites excluding steroid dienone is 1. The lowest BCUT2D eigenvalue weighted by Gasteiger charge is -2.33. The van der Waals surface area contributed by atoms with Gasteiger partial charge in [0.05, 0.1) is 6.04 Å². The molecule has 0 aromatic heterocycles. The average Bonchev–Trinajstić information content (AvgIpc) is 3.11. The molecule has 1 aliphatic heterocycles. The van der Waals surface area contributed by atoms with Gasteiger partial charge >= 0.3 is 0 Å². The van der Waals surface area contributed by atoms with E-state index in [9.17, 15) is 0 Å². The van der Waals surface area contributed by atoms with E-state index < -0.39 is 0 Å². The number of hydrazone groups is 1. The van der Waals surface area contributed by atoms with Gasteiger partial charge in [-0.1, -0.05) is 6.58 Å². The summed E-state index contributed by atoms with van der Waals surface area (Å²) in [6.07, 6.45) is 7.87. The smallest absolute Gasteiger partial charge is 0.0565 e. The van der Waals surface area contributed by atoms with E-state index in [1.807, 2.05) is 13.1 Å². The first-order valence-corrected chi connectivity index (χ1v) is 6.34. The SMILES string of the molecule is C=C(CC1CC1)N(/N=C\C)C1CCOCC1. The molecule has 1 heterocycles. The van der Waals surface area contributed by atoms with E-state index in [2.05, 4.69) is 16.7 Å². The van der Waals surface area contributed by atoms with Gasteiger partial charge in [0.15, 0.2) is 0 Å². The maximum absolute atomic E-state index is 5.39. The van der Waals surface area contributed by atoms with E-state index in [0.717, 1.165) is 38.4 Å². The Hall–Kier alpha value is -0.830. The Bertz CT molecular complexity index is 265. The first-order valence-electron chi connectivity index (χ1n) is 6.34. The van der Waals surface area contributed by atoms with Crippen LogP contribution in [0.15, 0.2) is 17.4 Å². The average molecular weight is 222 g/mol. The normalized spacial score (nSPS) is 22.6. The highest BCUT2D eigenvalue weighted by molar-refractivity contribution is 5.53. The first-order chi connectivity index (χ1) is 7.81. The van der Waals surface area contributed by atoms with Crippen LogP contribution >= 0.6 is 0 Å². The predicted octanol–water partition coefficient (Wildman–Crippen LogP) is 2.79. The van der Waals surface area contributed by atoms with E-state index in [4.69, 9.17) is 4.74 Å². The Kier molecular flexibility index (Phi) is 3.99. The molecule has 0 spiro atoms. The largest absolute Gasteiger partial charge is 0.381 e. The molecule has 0 radical (unpaired) electrons. The van der Waals surface area contributed by atoms with Crippen LogP contribution in [0.5, 0.6) is 0 Å². The second-order valence-electron chi connectivity index (χ2n) is 4.78. The Morgan fingerprint density at radius 2 is 2.06 bits per heavy atom. The summed E-state index contributed by atoms with van der Waals surface area (Å²) in [4.78, 5) is 0. The summed E-state index contributed by atoms with van der Waals surface area (Å²) in [6.45, 7) is 7.89. The summed E-state index contributed by atoms with van der Waals surface area (Å²) in [5.74, 6) is 0.877. The number of hydrogen-bond acceptors (Lipinski definition) is 3. The monoisotopic (exact) mass is 222 g/mol. The van der Waals surface area contributed by atoms with Gasteiger partial charge in [0.2, 0.25) is 0 Å². The summed E-state index contributed by atoms with van der Waals surface area (Å²) < 4.78 is 5.39. The van der Waals surface area contributed by atoms with Crippen LogP contribution in [0, 0.1) is 5.92 Å². The van der Waals surface area contributed by atoms with Crippen LogP contribution in [0.2, 0.25) is 0 Å². The van der Waals surface area contributed by atoms with Crippen LogP contribution < -0.4 is 0 Å².